The van der Waals surface area contributed by atoms with E-state index in [0.717, 1.165) is 70.6 Å². The van der Waals surface area contributed by atoms with E-state index in [0.29, 0.717) is 19.3 Å². The summed E-state index contributed by atoms with van der Waals surface area (Å²) < 4.78 is 16.7. The van der Waals surface area contributed by atoms with Gasteiger partial charge in [0.2, 0.25) is 0 Å². The quantitative estimate of drug-likeness (QED) is 0.0264. The first-order valence-electron chi connectivity index (χ1n) is 24.8. The van der Waals surface area contributed by atoms with E-state index >= 15 is 0 Å². The van der Waals surface area contributed by atoms with Gasteiger partial charge in [0.15, 0.2) is 6.10 Å². The van der Waals surface area contributed by atoms with Gasteiger partial charge in [0.05, 0.1) is 0 Å². The summed E-state index contributed by atoms with van der Waals surface area (Å²) in [6.07, 6.45) is 51.6. The van der Waals surface area contributed by atoms with Crippen molar-refractivity contribution in [1.29, 1.82) is 0 Å². The van der Waals surface area contributed by atoms with Crippen LogP contribution < -0.4 is 0 Å². The van der Waals surface area contributed by atoms with Crippen LogP contribution in [0.15, 0.2) is 24.3 Å². The lowest BCUT2D eigenvalue weighted by atomic mass is 10.1. The zero-order valence-corrected chi connectivity index (χ0v) is 38.1. The van der Waals surface area contributed by atoms with Crippen molar-refractivity contribution in [2.75, 3.05) is 13.2 Å². The van der Waals surface area contributed by atoms with Crippen LogP contribution >= 0.6 is 0 Å². The molecule has 1 unspecified atom stereocenters. The van der Waals surface area contributed by atoms with Gasteiger partial charge in [-0.3, -0.25) is 14.4 Å². The van der Waals surface area contributed by atoms with Crippen LogP contribution in [0.25, 0.3) is 0 Å². The maximum absolute atomic E-state index is 12.7. The van der Waals surface area contributed by atoms with Crippen LogP contribution in [0.2, 0.25) is 0 Å². The topological polar surface area (TPSA) is 78.9 Å². The van der Waals surface area contributed by atoms with Gasteiger partial charge in [-0.15, -0.1) is 0 Å². The average Bonchev–Trinajstić information content (AvgIpc) is 3.21. The molecule has 0 saturated heterocycles. The Hall–Kier alpha value is -2.11. The second-order valence-corrected chi connectivity index (χ2v) is 16.7. The summed E-state index contributed by atoms with van der Waals surface area (Å²) in [4.78, 5) is 37.8. The third-order valence-corrected chi connectivity index (χ3v) is 10.9. The summed E-state index contributed by atoms with van der Waals surface area (Å²) in [5.74, 6) is -0.885. The molecule has 1 atom stereocenters. The van der Waals surface area contributed by atoms with E-state index in [1.54, 1.807) is 0 Å². The number of ether oxygens (including phenoxy) is 3. The Bertz CT molecular complexity index is 927. The van der Waals surface area contributed by atoms with Gasteiger partial charge in [-0.05, 0) is 70.6 Å². The van der Waals surface area contributed by atoms with Gasteiger partial charge in [-0.2, -0.15) is 0 Å². The molecule has 0 saturated carbocycles. The molecule has 0 heterocycles. The minimum Gasteiger partial charge on any atom is -0.462 e. The van der Waals surface area contributed by atoms with Crippen LogP contribution in [0.4, 0.5) is 0 Å². The lowest BCUT2D eigenvalue weighted by Crippen LogP contribution is -2.30. The fourth-order valence-corrected chi connectivity index (χ4v) is 7.14. The predicted molar refractivity (Wildman–Crippen MR) is 243 cm³/mol. The Morgan fingerprint density at radius 3 is 0.877 bits per heavy atom. The van der Waals surface area contributed by atoms with E-state index in [4.69, 9.17) is 14.2 Å². The smallest absolute Gasteiger partial charge is 0.306 e. The summed E-state index contributed by atoms with van der Waals surface area (Å²) >= 11 is 0. The Labute approximate surface area is 353 Å². The molecule has 0 rings (SSSR count). The Morgan fingerprint density at radius 2 is 0.579 bits per heavy atom. The molecule has 6 nitrogen and oxygen atoms in total. The molecular formula is C51H94O6. The highest BCUT2D eigenvalue weighted by Gasteiger charge is 2.19. The van der Waals surface area contributed by atoms with Crippen LogP contribution in [-0.2, 0) is 28.6 Å². The molecule has 0 aromatic rings. The van der Waals surface area contributed by atoms with Crippen molar-refractivity contribution >= 4 is 17.9 Å². The number of unbranched alkanes of at least 4 members (excludes halogenated alkanes) is 30. The van der Waals surface area contributed by atoms with Crippen LogP contribution in [0.1, 0.15) is 265 Å². The Balaban J connectivity index is 4.34. The highest BCUT2D eigenvalue weighted by Crippen LogP contribution is 2.14. The van der Waals surface area contributed by atoms with E-state index in [2.05, 4.69) is 45.1 Å². The molecule has 0 spiro atoms. The van der Waals surface area contributed by atoms with E-state index in [-0.39, 0.29) is 31.1 Å². The predicted octanol–water partition coefficient (Wildman–Crippen LogP) is 16.0. The van der Waals surface area contributed by atoms with Crippen LogP contribution in [0, 0.1) is 0 Å². The van der Waals surface area contributed by atoms with Crippen LogP contribution in [0.5, 0.6) is 0 Å². The highest BCUT2D eigenvalue weighted by atomic mass is 16.6. The standard InChI is InChI=1S/C51H94O6/c1-4-7-10-13-16-19-21-23-25-27-29-32-35-38-41-44-50(53)56-47-48(46-55-49(52)43-40-37-34-31-18-15-12-9-6-3)57-51(54)45-42-39-36-33-30-28-26-24-22-20-17-14-11-8-5-2/h23-26,48H,4-22,27-47H2,1-3H3/b25-23+,26-24+. The number of hydrogen-bond acceptors (Lipinski definition) is 6. The first-order valence-corrected chi connectivity index (χ1v) is 24.8. The summed E-state index contributed by atoms with van der Waals surface area (Å²) in [7, 11) is 0. The average molecular weight is 803 g/mol. The van der Waals surface area contributed by atoms with Crippen molar-refractivity contribution in [2.45, 2.75) is 271 Å². The number of carbonyl (C=O) groups excluding carboxylic acids is 3. The second kappa shape index (κ2) is 46.6. The maximum Gasteiger partial charge on any atom is 0.306 e. The Morgan fingerprint density at radius 1 is 0.333 bits per heavy atom. The van der Waals surface area contributed by atoms with Gasteiger partial charge < -0.3 is 14.2 Å². The number of rotatable bonds is 45. The van der Waals surface area contributed by atoms with Crippen molar-refractivity contribution < 1.29 is 28.6 Å². The van der Waals surface area contributed by atoms with Gasteiger partial charge in [0.1, 0.15) is 13.2 Å². The van der Waals surface area contributed by atoms with E-state index in [1.165, 1.54) is 154 Å². The summed E-state index contributed by atoms with van der Waals surface area (Å²) in [5, 5.41) is 0. The third kappa shape index (κ3) is 44.8. The zero-order valence-electron chi connectivity index (χ0n) is 38.1. The van der Waals surface area contributed by atoms with Gasteiger partial charge in [0.25, 0.3) is 0 Å². The van der Waals surface area contributed by atoms with Gasteiger partial charge in [0, 0.05) is 19.3 Å². The molecule has 0 aliphatic carbocycles. The Kier molecular flexibility index (Phi) is 44.9. The minimum absolute atomic E-state index is 0.0743. The molecule has 334 valence electrons. The lowest BCUT2D eigenvalue weighted by Gasteiger charge is -2.18. The van der Waals surface area contributed by atoms with Crippen molar-refractivity contribution in [3.8, 4) is 0 Å². The molecule has 0 radical (unpaired) electrons. The summed E-state index contributed by atoms with van der Waals surface area (Å²) in [5.41, 5.74) is 0. The monoisotopic (exact) mass is 803 g/mol. The number of hydrogen-bond donors (Lipinski definition) is 0. The van der Waals surface area contributed by atoms with Crippen molar-refractivity contribution in [2.24, 2.45) is 0 Å². The first kappa shape index (κ1) is 54.9. The van der Waals surface area contributed by atoms with Crippen molar-refractivity contribution in [3.63, 3.8) is 0 Å². The molecular weight excluding hydrogens is 709 g/mol. The zero-order chi connectivity index (χ0) is 41.5. The molecule has 0 aliphatic heterocycles. The number of esters is 3. The molecule has 0 aromatic heterocycles. The van der Waals surface area contributed by atoms with Crippen LogP contribution in [0.3, 0.4) is 0 Å². The minimum atomic E-state index is -0.772. The van der Waals surface area contributed by atoms with Crippen LogP contribution in [-0.4, -0.2) is 37.2 Å². The number of carbonyl (C=O) groups is 3. The molecule has 0 aromatic carbocycles. The second-order valence-electron chi connectivity index (χ2n) is 16.7. The van der Waals surface area contributed by atoms with Crippen molar-refractivity contribution in [3.05, 3.63) is 24.3 Å². The normalized spacial score (nSPS) is 12.1. The fraction of sp³-hybridized carbons (Fsp3) is 0.863. The molecule has 0 N–H and O–H groups in total. The molecule has 0 fully saturated rings. The van der Waals surface area contributed by atoms with Gasteiger partial charge >= 0.3 is 17.9 Å². The summed E-state index contributed by atoms with van der Waals surface area (Å²) in [6.45, 7) is 6.61. The van der Waals surface area contributed by atoms with E-state index in [1.807, 2.05) is 0 Å². The van der Waals surface area contributed by atoms with E-state index in [9.17, 15) is 14.4 Å². The van der Waals surface area contributed by atoms with Gasteiger partial charge in [-0.1, -0.05) is 199 Å². The highest BCUT2D eigenvalue weighted by molar-refractivity contribution is 5.71. The lowest BCUT2D eigenvalue weighted by molar-refractivity contribution is -0.167. The molecule has 0 aliphatic rings. The molecule has 6 heteroatoms. The molecule has 0 amide bonds. The SMILES string of the molecule is CCCCCCCC/C=C/CCCCCCCC(=O)OCC(COC(=O)CCCCCCCCCCC)OC(=O)CCCCCCC/C=C/CCCCCCCC. The third-order valence-electron chi connectivity index (χ3n) is 10.9. The van der Waals surface area contributed by atoms with E-state index < -0.39 is 6.10 Å². The largest absolute Gasteiger partial charge is 0.462 e. The van der Waals surface area contributed by atoms with Gasteiger partial charge in [-0.25, -0.2) is 0 Å². The number of allylic oxidation sites excluding steroid dienone is 4. The summed E-state index contributed by atoms with van der Waals surface area (Å²) in [6, 6.07) is 0. The maximum atomic E-state index is 12.7. The fourth-order valence-electron chi connectivity index (χ4n) is 7.14. The molecule has 57 heavy (non-hydrogen) atoms. The molecule has 0 bridgehead atoms. The van der Waals surface area contributed by atoms with Crippen molar-refractivity contribution in [1.82, 2.24) is 0 Å². The first-order chi connectivity index (χ1) is 28.0.